The van der Waals surface area contributed by atoms with Crippen molar-refractivity contribution in [2.24, 2.45) is 5.92 Å². The van der Waals surface area contributed by atoms with E-state index in [0.717, 1.165) is 17.3 Å². The van der Waals surface area contributed by atoms with Crippen LogP contribution in [0.5, 0.6) is 0 Å². The first-order valence-electron chi connectivity index (χ1n) is 5.81. The van der Waals surface area contributed by atoms with Gasteiger partial charge in [0.1, 0.15) is 0 Å². The second kappa shape index (κ2) is 6.17. The van der Waals surface area contributed by atoms with Crippen LogP contribution in [0.4, 0.5) is 0 Å². The lowest BCUT2D eigenvalue weighted by Gasteiger charge is -2.15. The molecule has 0 radical (unpaired) electrons. The Morgan fingerprint density at radius 1 is 1.44 bits per heavy atom. The van der Waals surface area contributed by atoms with Gasteiger partial charge in [-0.05, 0) is 24.3 Å². The van der Waals surface area contributed by atoms with Crippen LogP contribution in [-0.4, -0.2) is 29.6 Å². The molecule has 0 saturated carbocycles. The van der Waals surface area contributed by atoms with Crippen LogP contribution in [0.3, 0.4) is 0 Å². The first kappa shape index (κ1) is 13.3. The third kappa shape index (κ3) is 3.44. The van der Waals surface area contributed by atoms with Crippen LogP contribution in [0.2, 0.25) is 5.02 Å². The fourth-order valence-electron chi connectivity index (χ4n) is 1.90. The molecule has 1 aliphatic rings. The highest BCUT2D eigenvalue weighted by molar-refractivity contribution is 7.99. The standard InChI is InChI=1S/C14H14ClNOS/c1-2-11-9-14(17)16(10-11)7-8-18-13-5-3-12(15)4-6-13/h1,3-6,11H,7-10H2. The van der Waals surface area contributed by atoms with Crippen LogP contribution in [0.1, 0.15) is 6.42 Å². The molecule has 0 N–H and O–H groups in total. The molecule has 0 aliphatic carbocycles. The molecule has 1 amide bonds. The molecule has 1 heterocycles. The molecule has 2 nitrogen and oxygen atoms in total. The molecular weight excluding hydrogens is 266 g/mol. The number of carbonyl (C=O) groups is 1. The van der Waals surface area contributed by atoms with Crippen molar-refractivity contribution in [2.45, 2.75) is 11.3 Å². The number of amides is 1. The van der Waals surface area contributed by atoms with Gasteiger partial charge in [-0.15, -0.1) is 24.1 Å². The van der Waals surface area contributed by atoms with Crippen LogP contribution >= 0.6 is 23.4 Å². The summed E-state index contributed by atoms with van der Waals surface area (Å²) < 4.78 is 0. The van der Waals surface area contributed by atoms with Crippen molar-refractivity contribution in [1.29, 1.82) is 0 Å². The summed E-state index contributed by atoms with van der Waals surface area (Å²) >= 11 is 7.54. The van der Waals surface area contributed by atoms with Crippen LogP contribution in [0.15, 0.2) is 29.2 Å². The van der Waals surface area contributed by atoms with Crippen molar-refractivity contribution in [3.8, 4) is 12.3 Å². The van der Waals surface area contributed by atoms with Crippen molar-refractivity contribution >= 4 is 29.3 Å². The number of nitrogens with zero attached hydrogens (tertiary/aromatic N) is 1. The highest BCUT2D eigenvalue weighted by Crippen LogP contribution is 2.22. The van der Waals surface area contributed by atoms with Gasteiger partial charge >= 0.3 is 0 Å². The Bertz CT molecular complexity index is 466. The summed E-state index contributed by atoms with van der Waals surface area (Å²) in [6.45, 7) is 1.46. The minimum Gasteiger partial charge on any atom is -0.341 e. The maximum atomic E-state index is 11.6. The molecule has 1 unspecified atom stereocenters. The summed E-state index contributed by atoms with van der Waals surface area (Å²) in [7, 11) is 0. The van der Waals surface area contributed by atoms with Gasteiger partial charge in [0.25, 0.3) is 0 Å². The minimum absolute atomic E-state index is 0.0954. The van der Waals surface area contributed by atoms with E-state index >= 15 is 0 Å². The van der Waals surface area contributed by atoms with E-state index in [-0.39, 0.29) is 11.8 Å². The lowest BCUT2D eigenvalue weighted by atomic mass is 10.1. The molecule has 0 spiro atoms. The van der Waals surface area contributed by atoms with Crippen molar-refractivity contribution in [1.82, 2.24) is 4.90 Å². The average molecular weight is 280 g/mol. The number of benzene rings is 1. The monoisotopic (exact) mass is 279 g/mol. The van der Waals surface area contributed by atoms with Gasteiger partial charge in [-0.3, -0.25) is 4.79 Å². The molecule has 4 heteroatoms. The Hall–Kier alpha value is -1.11. The van der Waals surface area contributed by atoms with Crippen LogP contribution in [0, 0.1) is 18.3 Å². The molecule has 1 fully saturated rings. The van der Waals surface area contributed by atoms with Crippen LogP contribution in [0.25, 0.3) is 0 Å². The van der Waals surface area contributed by atoms with Gasteiger partial charge in [0.15, 0.2) is 0 Å². The highest BCUT2D eigenvalue weighted by Gasteiger charge is 2.27. The zero-order chi connectivity index (χ0) is 13.0. The summed E-state index contributed by atoms with van der Waals surface area (Å²) in [5, 5.41) is 0.742. The number of rotatable bonds is 4. The second-order valence-corrected chi connectivity index (χ2v) is 5.81. The number of terminal acetylenes is 1. The molecule has 1 atom stereocenters. The van der Waals surface area contributed by atoms with Crippen LogP contribution in [-0.2, 0) is 4.79 Å². The van der Waals surface area contributed by atoms with Gasteiger partial charge in [0, 0.05) is 41.1 Å². The van der Waals surface area contributed by atoms with Gasteiger partial charge < -0.3 is 4.90 Å². The highest BCUT2D eigenvalue weighted by atomic mass is 35.5. The molecule has 1 saturated heterocycles. The summed E-state index contributed by atoms with van der Waals surface area (Å²) in [6, 6.07) is 7.73. The Kier molecular flexibility index (Phi) is 4.57. The Morgan fingerprint density at radius 3 is 2.78 bits per heavy atom. The zero-order valence-electron chi connectivity index (χ0n) is 9.93. The third-order valence-corrected chi connectivity index (χ3v) is 4.14. The SMILES string of the molecule is C#CC1CC(=O)N(CCSc2ccc(Cl)cc2)C1. The van der Waals surface area contributed by atoms with E-state index in [1.54, 1.807) is 11.8 Å². The van der Waals surface area contributed by atoms with E-state index in [4.69, 9.17) is 18.0 Å². The minimum atomic E-state index is 0.0954. The fraction of sp³-hybridized carbons (Fsp3) is 0.357. The van der Waals surface area contributed by atoms with E-state index in [1.165, 1.54) is 4.90 Å². The Balaban J connectivity index is 1.77. The molecular formula is C14H14ClNOS. The number of thioether (sulfide) groups is 1. The smallest absolute Gasteiger partial charge is 0.223 e. The van der Waals surface area contributed by atoms with Gasteiger partial charge in [-0.25, -0.2) is 0 Å². The predicted octanol–water partition coefficient (Wildman–Crippen LogP) is 2.91. The molecule has 2 rings (SSSR count). The quantitative estimate of drug-likeness (QED) is 0.624. The van der Waals surface area contributed by atoms with Crippen molar-refractivity contribution in [3.05, 3.63) is 29.3 Å². The largest absolute Gasteiger partial charge is 0.341 e. The Labute approximate surface area is 117 Å². The molecule has 1 aromatic rings. The van der Waals surface area contributed by atoms with E-state index in [1.807, 2.05) is 29.2 Å². The second-order valence-electron chi connectivity index (χ2n) is 4.21. The van der Waals surface area contributed by atoms with Crippen LogP contribution < -0.4 is 0 Å². The maximum absolute atomic E-state index is 11.6. The summed E-state index contributed by atoms with van der Waals surface area (Å²) in [5.74, 6) is 3.81. The van der Waals surface area contributed by atoms with E-state index in [9.17, 15) is 4.79 Å². The summed E-state index contributed by atoms with van der Waals surface area (Å²) in [6.07, 6.45) is 5.85. The van der Waals surface area contributed by atoms with Crippen molar-refractivity contribution < 1.29 is 4.79 Å². The zero-order valence-corrected chi connectivity index (χ0v) is 11.5. The molecule has 0 aromatic heterocycles. The van der Waals surface area contributed by atoms with E-state index in [0.29, 0.717) is 13.0 Å². The van der Waals surface area contributed by atoms with Crippen molar-refractivity contribution in [2.75, 3.05) is 18.8 Å². The maximum Gasteiger partial charge on any atom is 0.223 e. The lowest BCUT2D eigenvalue weighted by molar-refractivity contribution is -0.127. The number of hydrogen-bond donors (Lipinski definition) is 0. The Morgan fingerprint density at radius 2 is 2.17 bits per heavy atom. The third-order valence-electron chi connectivity index (χ3n) is 2.89. The van der Waals surface area contributed by atoms with E-state index < -0.39 is 0 Å². The first-order chi connectivity index (χ1) is 8.69. The molecule has 1 aromatic carbocycles. The predicted molar refractivity (Wildman–Crippen MR) is 75.7 cm³/mol. The molecule has 0 bridgehead atoms. The van der Waals surface area contributed by atoms with Gasteiger partial charge in [0.05, 0.1) is 0 Å². The number of halogens is 1. The van der Waals surface area contributed by atoms with Gasteiger partial charge in [-0.1, -0.05) is 11.6 Å². The normalized spacial score (nSPS) is 19.0. The molecule has 94 valence electrons. The molecule has 18 heavy (non-hydrogen) atoms. The molecule has 1 aliphatic heterocycles. The van der Waals surface area contributed by atoms with Gasteiger partial charge in [0.2, 0.25) is 5.91 Å². The van der Waals surface area contributed by atoms with Crippen molar-refractivity contribution in [3.63, 3.8) is 0 Å². The van der Waals surface area contributed by atoms with E-state index in [2.05, 4.69) is 5.92 Å². The number of likely N-dealkylation sites (tertiary alicyclic amines) is 1. The summed E-state index contributed by atoms with van der Waals surface area (Å²) in [5.41, 5.74) is 0. The fourth-order valence-corrected chi connectivity index (χ4v) is 2.91. The topological polar surface area (TPSA) is 20.3 Å². The first-order valence-corrected chi connectivity index (χ1v) is 7.17. The average Bonchev–Trinajstić information content (AvgIpc) is 2.73. The summed E-state index contributed by atoms with van der Waals surface area (Å²) in [4.78, 5) is 14.7. The lowest BCUT2D eigenvalue weighted by Crippen LogP contribution is -2.27. The van der Waals surface area contributed by atoms with Gasteiger partial charge in [-0.2, -0.15) is 0 Å². The number of hydrogen-bond acceptors (Lipinski definition) is 2. The number of carbonyl (C=O) groups excluding carboxylic acids is 1.